The molecule has 0 aliphatic carbocycles. The monoisotopic (exact) mass is 334 g/mol. The summed E-state index contributed by atoms with van der Waals surface area (Å²) in [4.78, 5) is 31.1. The first-order valence-corrected chi connectivity index (χ1v) is 8.35. The number of cyclic esters (lactones) is 1. The van der Waals surface area contributed by atoms with Crippen molar-refractivity contribution < 1.29 is 19.2 Å². The summed E-state index contributed by atoms with van der Waals surface area (Å²) in [5.74, 6) is -0.239. The third-order valence-corrected chi connectivity index (χ3v) is 3.98. The van der Waals surface area contributed by atoms with Crippen molar-refractivity contribution in [2.45, 2.75) is 58.2 Å². The van der Waals surface area contributed by atoms with Gasteiger partial charge in [-0.2, -0.15) is 5.48 Å². The molecule has 132 valence electrons. The van der Waals surface area contributed by atoms with Gasteiger partial charge in [-0.15, -0.1) is 0 Å². The summed E-state index contributed by atoms with van der Waals surface area (Å²) >= 11 is 0. The molecule has 2 rings (SSSR count). The van der Waals surface area contributed by atoms with Gasteiger partial charge in [0.05, 0.1) is 12.1 Å². The van der Waals surface area contributed by atoms with Crippen LogP contribution in [0.4, 0.5) is 4.79 Å². The maximum atomic E-state index is 12.5. The minimum Gasteiger partial charge on any atom is -0.447 e. The molecule has 0 saturated carbocycles. The van der Waals surface area contributed by atoms with Crippen LogP contribution in [0.2, 0.25) is 0 Å². The van der Waals surface area contributed by atoms with Gasteiger partial charge in [0.25, 0.3) is 0 Å². The Balaban J connectivity index is 1.88. The van der Waals surface area contributed by atoms with Crippen LogP contribution in [0.1, 0.15) is 45.6 Å². The molecule has 6 heteroatoms. The Bertz CT molecular complexity index is 559. The molecule has 1 N–H and O–H groups in total. The van der Waals surface area contributed by atoms with E-state index in [4.69, 9.17) is 9.57 Å². The lowest BCUT2D eigenvalue weighted by molar-refractivity contribution is -0.132. The third kappa shape index (κ3) is 4.79. The number of nitrogens with zero attached hydrogens (tertiary/aromatic N) is 1. The average molecular weight is 334 g/mol. The molecule has 2 amide bonds. The summed E-state index contributed by atoms with van der Waals surface area (Å²) in [6.45, 7) is 6.35. The number of amides is 2. The molecule has 1 aromatic rings. The zero-order valence-corrected chi connectivity index (χ0v) is 14.6. The highest BCUT2D eigenvalue weighted by molar-refractivity contribution is 5.94. The smallest absolute Gasteiger partial charge is 0.417 e. The standard InChI is InChI=1S/C18H26N2O4/c1-4-8-15(19-24-12-14-9-6-5-7-10-14)11-16(21)20-17(22)23-13-18(20,2)3/h5-7,9-10,15,19H,4,8,11-13H2,1-3H3. The zero-order chi connectivity index (χ0) is 17.6. The van der Waals surface area contributed by atoms with E-state index in [2.05, 4.69) is 5.48 Å². The molecular weight excluding hydrogens is 308 g/mol. The summed E-state index contributed by atoms with van der Waals surface area (Å²) < 4.78 is 5.00. The van der Waals surface area contributed by atoms with Gasteiger partial charge in [0.15, 0.2) is 0 Å². The minimum absolute atomic E-state index is 0.143. The number of carbonyl (C=O) groups excluding carboxylic acids is 2. The lowest BCUT2D eigenvalue weighted by Crippen LogP contribution is -2.48. The molecule has 6 nitrogen and oxygen atoms in total. The van der Waals surface area contributed by atoms with Crippen LogP contribution < -0.4 is 5.48 Å². The summed E-state index contributed by atoms with van der Waals surface area (Å²) in [6.07, 6.45) is 1.32. The number of benzene rings is 1. The fraction of sp³-hybridized carbons (Fsp3) is 0.556. The van der Waals surface area contributed by atoms with Gasteiger partial charge >= 0.3 is 6.09 Å². The van der Waals surface area contributed by atoms with Crippen LogP contribution in [-0.4, -0.2) is 35.1 Å². The number of hydrogen-bond donors (Lipinski definition) is 1. The number of imide groups is 1. The maximum absolute atomic E-state index is 12.5. The van der Waals surface area contributed by atoms with Gasteiger partial charge in [0.2, 0.25) is 5.91 Å². The zero-order valence-electron chi connectivity index (χ0n) is 14.6. The van der Waals surface area contributed by atoms with E-state index in [1.54, 1.807) is 0 Å². The number of ether oxygens (including phenoxy) is 1. The largest absolute Gasteiger partial charge is 0.447 e. The van der Waals surface area contributed by atoms with Gasteiger partial charge in [-0.05, 0) is 25.8 Å². The van der Waals surface area contributed by atoms with E-state index in [0.29, 0.717) is 6.61 Å². The predicted molar refractivity (Wildman–Crippen MR) is 90.0 cm³/mol. The molecule has 0 bridgehead atoms. The van der Waals surface area contributed by atoms with Gasteiger partial charge in [-0.1, -0.05) is 43.7 Å². The second-order valence-corrected chi connectivity index (χ2v) is 6.68. The highest BCUT2D eigenvalue weighted by Gasteiger charge is 2.44. The van der Waals surface area contributed by atoms with Crippen molar-refractivity contribution in [2.24, 2.45) is 0 Å². The van der Waals surface area contributed by atoms with E-state index in [9.17, 15) is 9.59 Å². The lowest BCUT2D eigenvalue weighted by atomic mass is 10.0. The Labute approximate surface area is 143 Å². The number of hydroxylamine groups is 1. The van der Waals surface area contributed by atoms with Crippen molar-refractivity contribution in [3.63, 3.8) is 0 Å². The molecule has 1 unspecified atom stereocenters. The van der Waals surface area contributed by atoms with Crippen LogP contribution in [0, 0.1) is 0 Å². The molecular formula is C18H26N2O4. The van der Waals surface area contributed by atoms with Gasteiger partial charge < -0.3 is 4.74 Å². The molecule has 24 heavy (non-hydrogen) atoms. The van der Waals surface area contributed by atoms with Crippen LogP contribution in [0.5, 0.6) is 0 Å². The van der Waals surface area contributed by atoms with Crippen molar-refractivity contribution in [3.8, 4) is 0 Å². The van der Waals surface area contributed by atoms with E-state index in [1.807, 2.05) is 51.1 Å². The molecule has 1 heterocycles. The highest BCUT2D eigenvalue weighted by atomic mass is 16.6. The molecule has 0 aromatic heterocycles. The second kappa shape index (κ2) is 8.26. The quantitative estimate of drug-likeness (QED) is 0.740. The van der Waals surface area contributed by atoms with Crippen LogP contribution in [0.25, 0.3) is 0 Å². The number of rotatable bonds is 8. The first-order valence-electron chi connectivity index (χ1n) is 8.35. The van der Waals surface area contributed by atoms with Gasteiger partial charge in [-0.3, -0.25) is 9.63 Å². The van der Waals surface area contributed by atoms with Crippen LogP contribution in [0.15, 0.2) is 30.3 Å². The SMILES string of the molecule is CCCC(CC(=O)N1C(=O)OCC1(C)C)NOCc1ccccc1. The third-order valence-electron chi connectivity index (χ3n) is 3.98. The second-order valence-electron chi connectivity index (χ2n) is 6.68. The number of carbonyl (C=O) groups is 2. The molecule has 1 fully saturated rings. The number of nitrogens with one attached hydrogen (secondary N) is 1. The predicted octanol–water partition coefficient (Wildman–Crippen LogP) is 3.02. The summed E-state index contributed by atoms with van der Waals surface area (Å²) in [5, 5.41) is 0. The first kappa shape index (κ1) is 18.4. The fourth-order valence-electron chi connectivity index (χ4n) is 2.72. The van der Waals surface area contributed by atoms with Crippen molar-refractivity contribution in [1.29, 1.82) is 0 Å². The molecule has 1 saturated heterocycles. The first-order chi connectivity index (χ1) is 11.4. The van der Waals surface area contributed by atoms with Crippen molar-refractivity contribution in [2.75, 3.05) is 6.61 Å². The van der Waals surface area contributed by atoms with Crippen LogP contribution >= 0.6 is 0 Å². The van der Waals surface area contributed by atoms with E-state index < -0.39 is 11.6 Å². The number of hydrogen-bond acceptors (Lipinski definition) is 5. The Kier molecular flexibility index (Phi) is 6.34. The van der Waals surface area contributed by atoms with Crippen LogP contribution in [0.3, 0.4) is 0 Å². The minimum atomic E-state index is -0.601. The molecule has 0 spiro atoms. The molecule has 0 radical (unpaired) electrons. The Morgan fingerprint density at radius 1 is 1.38 bits per heavy atom. The summed E-state index contributed by atoms with van der Waals surface area (Å²) in [7, 11) is 0. The highest BCUT2D eigenvalue weighted by Crippen LogP contribution is 2.25. The maximum Gasteiger partial charge on any atom is 0.417 e. The van der Waals surface area contributed by atoms with E-state index in [0.717, 1.165) is 18.4 Å². The van der Waals surface area contributed by atoms with Crippen molar-refractivity contribution >= 4 is 12.0 Å². The van der Waals surface area contributed by atoms with Crippen molar-refractivity contribution in [3.05, 3.63) is 35.9 Å². The lowest BCUT2D eigenvalue weighted by Gasteiger charge is -2.27. The Morgan fingerprint density at radius 3 is 2.67 bits per heavy atom. The molecule has 1 aliphatic rings. The fourth-order valence-corrected chi connectivity index (χ4v) is 2.72. The molecule has 1 aromatic carbocycles. The normalized spacial score (nSPS) is 17.6. The Morgan fingerprint density at radius 2 is 2.08 bits per heavy atom. The molecule has 1 aliphatic heterocycles. The topological polar surface area (TPSA) is 67.9 Å². The van der Waals surface area contributed by atoms with Gasteiger partial charge in [0, 0.05) is 12.5 Å². The summed E-state index contributed by atoms with van der Waals surface area (Å²) in [6, 6.07) is 9.66. The Hall–Kier alpha value is -1.92. The van der Waals surface area contributed by atoms with E-state index in [-0.39, 0.29) is 25.0 Å². The van der Waals surface area contributed by atoms with Gasteiger partial charge in [0.1, 0.15) is 6.61 Å². The summed E-state index contributed by atoms with van der Waals surface area (Å²) in [5.41, 5.74) is 3.42. The van der Waals surface area contributed by atoms with Crippen molar-refractivity contribution in [1.82, 2.24) is 10.4 Å². The molecule has 1 atom stereocenters. The van der Waals surface area contributed by atoms with E-state index in [1.165, 1.54) is 4.90 Å². The average Bonchev–Trinajstić information content (AvgIpc) is 2.81. The van der Waals surface area contributed by atoms with Crippen LogP contribution in [-0.2, 0) is 21.0 Å². The van der Waals surface area contributed by atoms with Gasteiger partial charge in [-0.25, -0.2) is 9.69 Å². The van der Waals surface area contributed by atoms with E-state index >= 15 is 0 Å².